The van der Waals surface area contributed by atoms with Crippen molar-refractivity contribution in [1.29, 1.82) is 0 Å². The number of hydrogen-bond donors (Lipinski definition) is 1. The van der Waals surface area contributed by atoms with Gasteiger partial charge in [-0.15, -0.1) is 13.2 Å². The number of alkyl halides is 3. The minimum atomic E-state index is -4.77. The van der Waals surface area contributed by atoms with E-state index >= 15 is 0 Å². The molecule has 0 saturated carbocycles. The second-order valence-corrected chi connectivity index (χ2v) is 7.32. The molecule has 1 N–H and O–H groups in total. The molecule has 0 radical (unpaired) electrons. The molecule has 122 valence electrons. The fourth-order valence-electron chi connectivity index (χ4n) is 2.25. The number of nitrogens with one attached hydrogen (secondary N) is 1. The topological polar surface area (TPSA) is 72.5 Å². The number of anilines is 1. The maximum Gasteiger partial charge on any atom is 0.573 e. The average Bonchev–Trinajstić information content (AvgIpc) is 2.69. The summed E-state index contributed by atoms with van der Waals surface area (Å²) < 4.78 is 62.3. The lowest BCUT2D eigenvalue weighted by molar-refractivity contribution is -0.274. The molecule has 9 heteroatoms. The monoisotopic (exact) mass is 337 g/mol. The largest absolute Gasteiger partial charge is 0.573 e. The van der Waals surface area contributed by atoms with Crippen LogP contribution in [0.2, 0.25) is 0 Å². The number of amides is 1. The van der Waals surface area contributed by atoms with Gasteiger partial charge in [0.1, 0.15) is 5.75 Å². The molecule has 1 aliphatic heterocycles. The molecular weight excluding hydrogens is 323 g/mol. The Kier molecular flexibility index (Phi) is 4.64. The third-order valence-electron chi connectivity index (χ3n) is 3.17. The van der Waals surface area contributed by atoms with Crippen LogP contribution in [0, 0.1) is 5.92 Å². The predicted octanol–water partition coefficient (Wildman–Crippen LogP) is 2.35. The first kappa shape index (κ1) is 16.6. The van der Waals surface area contributed by atoms with Gasteiger partial charge in [-0.3, -0.25) is 4.79 Å². The number of ether oxygens (including phenoxy) is 1. The van der Waals surface area contributed by atoms with E-state index in [0.29, 0.717) is 12.1 Å². The van der Waals surface area contributed by atoms with Crippen molar-refractivity contribution in [3.63, 3.8) is 0 Å². The molecule has 5 nitrogen and oxygen atoms in total. The molecule has 1 saturated heterocycles. The van der Waals surface area contributed by atoms with Crippen molar-refractivity contribution in [2.75, 3.05) is 16.8 Å². The van der Waals surface area contributed by atoms with Crippen LogP contribution in [-0.2, 0) is 14.6 Å². The summed E-state index contributed by atoms with van der Waals surface area (Å²) in [6.45, 7) is 0. The minimum absolute atomic E-state index is 0.00121. The summed E-state index contributed by atoms with van der Waals surface area (Å²) in [4.78, 5) is 11.8. The molecule has 1 heterocycles. The molecule has 22 heavy (non-hydrogen) atoms. The van der Waals surface area contributed by atoms with Crippen molar-refractivity contribution in [3.8, 4) is 5.75 Å². The fraction of sp³-hybridized carbons (Fsp3) is 0.462. The summed E-state index contributed by atoms with van der Waals surface area (Å²) in [6.07, 6.45) is -4.24. The predicted molar refractivity (Wildman–Crippen MR) is 73.1 cm³/mol. The molecule has 0 spiro atoms. The van der Waals surface area contributed by atoms with Gasteiger partial charge in [0.15, 0.2) is 9.84 Å². The second-order valence-electron chi connectivity index (χ2n) is 5.09. The molecule has 1 fully saturated rings. The van der Waals surface area contributed by atoms with Gasteiger partial charge in [-0.1, -0.05) is 0 Å². The van der Waals surface area contributed by atoms with Gasteiger partial charge in [0.25, 0.3) is 0 Å². The van der Waals surface area contributed by atoms with Gasteiger partial charge in [-0.2, -0.15) is 0 Å². The molecule has 1 aliphatic rings. The Labute approximate surface area is 125 Å². The number of hydrogen-bond acceptors (Lipinski definition) is 4. The normalized spacial score (nSPS) is 20.6. The molecular formula is C13H14F3NO4S. The van der Waals surface area contributed by atoms with Gasteiger partial charge >= 0.3 is 6.36 Å². The van der Waals surface area contributed by atoms with Crippen molar-refractivity contribution >= 4 is 21.4 Å². The molecule has 0 unspecified atom stereocenters. The van der Waals surface area contributed by atoms with E-state index in [1.807, 2.05) is 0 Å². The number of carbonyl (C=O) groups is 1. The molecule has 1 atom stereocenters. The van der Waals surface area contributed by atoms with Crippen LogP contribution >= 0.6 is 0 Å². The first-order valence-electron chi connectivity index (χ1n) is 6.49. The lowest BCUT2D eigenvalue weighted by Gasteiger charge is -2.11. The summed E-state index contributed by atoms with van der Waals surface area (Å²) in [7, 11) is -3.04. The summed E-state index contributed by atoms with van der Waals surface area (Å²) in [6, 6.07) is 4.74. The zero-order valence-electron chi connectivity index (χ0n) is 11.4. The SMILES string of the molecule is O=C(C[C@@H]1CCS(=O)(=O)C1)Nc1ccc(OC(F)(F)F)cc1. The molecule has 0 bridgehead atoms. The summed E-state index contributed by atoms with van der Waals surface area (Å²) >= 11 is 0. The number of carbonyl (C=O) groups excluding carboxylic acids is 1. The maximum atomic E-state index is 12.0. The van der Waals surface area contributed by atoms with E-state index < -0.39 is 16.2 Å². The molecule has 0 aliphatic carbocycles. The zero-order valence-corrected chi connectivity index (χ0v) is 12.2. The molecule has 1 aromatic rings. The summed E-state index contributed by atoms with van der Waals surface area (Å²) in [5, 5.41) is 2.52. The Balaban J connectivity index is 1.87. The summed E-state index contributed by atoms with van der Waals surface area (Å²) in [5.74, 6) is -0.871. The molecule has 0 aromatic heterocycles. The minimum Gasteiger partial charge on any atom is -0.406 e. The van der Waals surface area contributed by atoms with Crippen molar-refractivity contribution in [3.05, 3.63) is 24.3 Å². The lowest BCUT2D eigenvalue weighted by atomic mass is 10.1. The van der Waals surface area contributed by atoms with Gasteiger partial charge in [0, 0.05) is 12.1 Å². The Morgan fingerprint density at radius 1 is 1.27 bits per heavy atom. The Morgan fingerprint density at radius 2 is 1.91 bits per heavy atom. The highest BCUT2D eigenvalue weighted by Crippen LogP contribution is 2.25. The van der Waals surface area contributed by atoms with Gasteiger partial charge in [0.05, 0.1) is 11.5 Å². The fourth-order valence-corrected chi connectivity index (χ4v) is 4.11. The number of sulfone groups is 1. The van der Waals surface area contributed by atoms with Gasteiger partial charge in [0.2, 0.25) is 5.91 Å². The quantitative estimate of drug-likeness (QED) is 0.915. The maximum absolute atomic E-state index is 12.0. The van der Waals surface area contributed by atoms with Crippen molar-refractivity contribution in [2.45, 2.75) is 19.2 Å². The highest BCUT2D eigenvalue weighted by Gasteiger charge is 2.31. The van der Waals surface area contributed by atoms with E-state index in [0.717, 1.165) is 12.1 Å². The standard InChI is InChI=1S/C13H14F3NO4S/c14-13(15,16)21-11-3-1-10(2-4-11)17-12(18)7-9-5-6-22(19,20)8-9/h1-4,9H,5-8H2,(H,17,18)/t9-/m0/s1. The smallest absolute Gasteiger partial charge is 0.406 e. The third kappa shape index (κ3) is 5.21. The van der Waals surface area contributed by atoms with Crippen LogP contribution in [-0.4, -0.2) is 32.2 Å². The number of halogens is 3. The number of rotatable bonds is 4. The van der Waals surface area contributed by atoms with Crippen molar-refractivity contribution in [2.24, 2.45) is 5.92 Å². The average molecular weight is 337 g/mol. The van der Waals surface area contributed by atoms with Crippen LogP contribution in [0.1, 0.15) is 12.8 Å². The van der Waals surface area contributed by atoms with Gasteiger partial charge < -0.3 is 10.1 Å². The van der Waals surface area contributed by atoms with E-state index in [1.54, 1.807) is 0 Å². The summed E-state index contributed by atoms with van der Waals surface area (Å²) in [5.41, 5.74) is 0.320. The van der Waals surface area contributed by atoms with Crippen LogP contribution in [0.5, 0.6) is 5.75 Å². The van der Waals surface area contributed by atoms with Gasteiger partial charge in [-0.25, -0.2) is 8.42 Å². The van der Waals surface area contributed by atoms with Crippen molar-refractivity contribution in [1.82, 2.24) is 0 Å². The van der Waals surface area contributed by atoms with E-state index in [9.17, 15) is 26.4 Å². The van der Waals surface area contributed by atoms with E-state index in [1.165, 1.54) is 12.1 Å². The van der Waals surface area contributed by atoms with Crippen molar-refractivity contribution < 1.29 is 31.1 Å². The van der Waals surface area contributed by atoms with Gasteiger partial charge in [-0.05, 0) is 36.6 Å². The van der Waals surface area contributed by atoms with E-state index in [2.05, 4.69) is 10.1 Å². The van der Waals surface area contributed by atoms with Crippen LogP contribution in [0.25, 0.3) is 0 Å². The second kappa shape index (κ2) is 6.15. The van der Waals surface area contributed by atoms with E-state index in [-0.39, 0.29) is 35.5 Å². The molecule has 2 rings (SSSR count). The molecule has 1 aromatic carbocycles. The highest BCUT2D eigenvalue weighted by atomic mass is 32.2. The van der Waals surface area contributed by atoms with Crippen LogP contribution in [0.15, 0.2) is 24.3 Å². The highest BCUT2D eigenvalue weighted by molar-refractivity contribution is 7.91. The first-order chi connectivity index (χ1) is 10.1. The third-order valence-corrected chi connectivity index (χ3v) is 5.01. The van der Waals surface area contributed by atoms with Crippen LogP contribution in [0.4, 0.5) is 18.9 Å². The number of benzene rings is 1. The zero-order chi connectivity index (χ0) is 16.4. The van der Waals surface area contributed by atoms with Crippen LogP contribution in [0.3, 0.4) is 0 Å². The van der Waals surface area contributed by atoms with Crippen LogP contribution < -0.4 is 10.1 Å². The van der Waals surface area contributed by atoms with E-state index in [4.69, 9.17) is 0 Å². The lowest BCUT2D eigenvalue weighted by Crippen LogP contribution is -2.18. The molecule has 1 amide bonds. The Bertz CT molecular complexity index is 640. The Hall–Kier alpha value is -1.77. The first-order valence-corrected chi connectivity index (χ1v) is 8.31. The Morgan fingerprint density at radius 3 is 2.41 bits per heavy atom.